The second kappa shape index (κ2) is 7.29. The molecule has 28 heavy (non-hydrogen) atoms. The lowest BCUT2D eigenvalue weighted by molar-refractivity contribution is -0.164. The Morgan fingerprint density at radius 1 is 0.964 bits per heavy atom. The van der Waals surface area contributed by atoms with Gasteiger partial charge in [0.1, 0.15) is 6.10 Å². The number of ether oxygens (including phenoxy) is 1. The van der Waals surface area contributed by atoms with E-state index in [4.69, 9.17) is 4.74 Å². The van der Waals surface area contributed by atoms with Crippen molar-refractivity contribution in [1.29, 1.82) is 0 Å². The molecule has 5 rings (SSSR count). The zero-order valence-corrected chi connectivity index (χ0v) is 17.5. The van der Waals surface area contributed by atoms with Gasteiger partial charge in [0.05, 0.1) is 5.92 Å². The summed E-state index contributed by atoms with van der Waals surface area (Å²) < 4.78 is 6.23. The van der Waals surface area contributed by atoms with Crippen molar-refractivity contribution < 1.29 is 14.3 Å². The standard InChI is InChI=1S/C25H36O3/c1-25-14-13-20-19-10-8-18(26)15-17(19)7-9-21(20)22(25)11-12-23(25)28-24(27)16-5-3-2-4-6-16/h15-16,19-23H,2-14H2,1H3/t19-,20+,21+,22-,23?,25-/m0/s1. The molecule has 154 valence electrons. The van der Waals surface area contributed by atoms with Crippen molar-refractivity contribution in [1.82, 2.24) is 0 Å². The Kier molecular flexibility index (Phi) is 4.92. The molecule has 4 saturated carbocycles. The topological polar surface area (TPSA) is 43.4 Å². The number of carbonyl (C=O) groups is 2. The molecule has 0 bridgehead atoms. The maximum atomic E-state index is 12.8. The summed E-state index contributed by atoms with van der Waals surface area (Å²) in [4.78, 5) is 24.7. The molecule has 5 aliphatic carbocycles. The van der Waals surface area contributed by atoms with Gasteiger partial charge in [-0.25, -0.2) is 0 Å². The van der Waals surface area contributed by atoms with E-state index in [0.29, 0.717) is 17.6 Å². The van der Waals surface area contributed by atoms with Crippen LogP contribution < -0.4 is 0 Å². The van der Waals surface area contributed by atoms with Crippen molar-refractivity contribution in [2.75, 3.05) is 0 Å². The van der Waals surface area contributed by atoms with Crippen molar-refractivity contribution in [3.63, 3.8) is 0 Å². The molecule has 0 amide bonds. The van der Waals surface area contributed by atoms with Gasteiger partial charge in [-0.2, -0.15) is 0 Å². The first-order valence-corrected chi connectivity index (χ1v) is 12.0. The molecule has 3 heteroatoms. The molecule has 0 saturated heterocycles. The van der Waals surface area contributed by atoms with Crippen LogP contribution in [0.3, 0.4) is 0 Å². The lowest BCUT2D eigenvalue weighted by Gasteiger charge is -2.53. The minimum Gasteiger partial charge on any atom is -0.462 e. The first-order chi connectivity index (χ1) is 13.6. The van der Waals surface area contributed by atoms with Crippen LogP contribution in [0.5, 0.6) is 0 Å². The number of ketones is 1. The van der Waals surface area contributed by atoms with Crippen LogP contribution in [0.2, 0.25) is 0 Å². The Morgan fingerprint density at radius 3 is 2.61 bits per heavy atom. The van der Waals surface area contributed by atoms with E-state index in [2.05, 4.69) is 6.92 Å². The number of hydrogen-bond acceptors (Lipinski definition) is 3. The summed E-state index contributed by atoms with van der Waals surface area (Å²) in [6, 6.07) is 0. The predicted molar refractivity (Wildman–Crippen MR) is 109 cm³/mol. The quantitative estimate of drug-likeness (QED) is 0.580. The zero-order valence-electron chi connectivity index (χ0n) is 17.5. The summed E-state index contributed by atoms with van der Waals surface area (Å²) in [5.74, 6) is 3.51. The highest BCUT2D eigenvalue weighted by atomic mass is 16.5. The number of hydrogen-bond donors (Lipinski definition) is 0. The van der Waals surface area contributed by atoms with E-state index in [0.717, 1.165) is 50.4 Å². The molecule has 0 N–H and O–H groups in total. The van der Waals surface area contributed by atoms with Gasteiger partial charge in [-0.15, -0.1) is 0 Å². The maximum Gasteiger partial charge on any atom is 0.309 e. The van der Waals surface area contributed by atoms with Gasteiger partial charge >= 0.3 is 5.97 Å². The highest BCUT2D eigenvalue weighted by molar-refractivity contribution is 5.91. The summed E-state index contributed by atoms with van der Waals surface area (Å²) in [5.41, 5.74) is 1.64. The van der Waals surface area contributed by atoms with Crippen LogP contribution in [0.25, 0.3) is 0 Å². The van der Waals surface area contributed by atoms with Crippen LogP contribution in [0.15, 0.2) is 11.6 Å². The molecule has 3 nitrogen and oxygen atoms in total. The van der Waals surface area contributed by atoms with Crippen molar-refractivity contribution in [3.05, 3.63) is 11.6 Å². The first-order valence-electron chi connectivity index (χ1n) is 12.0. The third kappa shape index (κ3) is 3.08. The highest BCUT2D eigenvalue weighted by Crippen LogP contribution is 2.62. The zero-order chi connectivity index (χ0) is 19.3. The summed E-state index contributed by atoms with van der Waals surface area (Å²) in [6.45, 7) is 2.43. The fourth-order valence-corrected chi connectivity index (χ4v) is 7.90. The van der Waals surface area contributed by atoms with E-state index in [1.807, 2.05) is 6.08 Å². The SMILES string of the molecule is C[C@]12CC[C@H]3[C@@H](CCC4=CC(=O)CC[C@@H]43)[C@@H]1CCC2OC(=O)C1CCCCC1. The van der Waals surface area contributed by atoms with Crippen molar-refractivity contribution >= 4 is 11.8 Å². The van der Waals surface area contributed by atoms with E-state index < -0.39 is 0 Å². The van der Waals surface area contributed by atoms with E-state index >= 15 is 0 Å². The minimum absolute atomic E-state index is 0.105. The molecule has 6 atom stereocenters. The minimum atomic E-state index is 0.105. The molecule has 1 unspecified atom stereocenters. The van der Waals surface area contributed by atoms with E-state index in [-0.39, 0.29) is 23.4 Å². The Morgan fingerprint density at radius 2 is 1.79 bits per heavy atom. The molecule has 0 spiro atoms. The first kappa shape index (κ1) is 18.9. The fourth-order valence-electron chi connectivity index (χ4n) is 7.90. The van der Waals surface area contributed by atoms with Crippen LogP contribution in [0.4, 0.5) is 0 Å². The average molecular weight is 385 g/mol. The largest absolute Gasteiger partial charge is 0.462 e. The Bertz CT molecular complexity index is 673. The second-order valence-corrected chi connectivity index (χ2v) is 10.7. The molecule has 0 aliphatic heterocycles. The summed E-state index contributed by atoms with van der Waals surface area (Å²) in [6.07, 6.45) is 16.8. The third-order valence-corrected chi connectivity index (χ3v) is 9.41. The Hall–Kier alpha value is -1.12. The van der Waals surface area contributed by atoms with E-state index in [9.17, 15) is 9.59 Å². The molecule has 0 radical (unpaired) electrons. The monoisotopic (exact) mass is 384 g/mol. The number of carbonyl (C=O) groups excluding carboxylic acids is 2. The Labute approximate surface area is 169 Å². The fraction of sp³-hybridized carbons (Fsp3) is 0.840. The molecule has 0 aromatic carbocycles. The highest BCUT2D eigenvalue weighted by Gasteiger charge is 2.57. The van der Waals surface area contributed by atoms with Gasteiger partial charge in [0, 0.05) is 11.8 Å². The number of allylic oxidation sites excluding steroid dienone is 1. The van der Waals surface area contributed by atoms with E-state index in [1.54, 1.807) is 0 Å². The van der Waals surface area contributed by atoms with Gasteiger partial charge in [0.25, 0.3) is 0 Å². The van der Waals surface area contributed by atoms with Gasteiger partial charge in [-0.1, -0.05) is 31.8 Å². The van der Waals surface area contributed by atoms with Crippen LogP contribution in [0, 0.1) is 35.0 Å². The van der Waals surface area contributed by atoms with Gasteiger partial charge < -0.3 is 4.74 Å². The average Bonchev–Trinajstić information content (AvgIpc) is 3.04. The lowest BCUT2D eigenvalue weighted by Crippen LogP contribution is -2.48. The predicted octanol–water partition coefficient (Wildman–Crippen LogP) is 5.62. The smallest absolute Gasteiger partial charge is 0.309 e. The molecule has 4 fully saturated rings. The van der Waals surface area contributed by atoms with Crippen LogP contribution in [0.1, 0.15) is 90.4 Å². The number of rotatable bonds is 2. The summed E-state index contributed by atoms with van der Waals surface area (Å²) >= 11 is 0. The van der Waals surface area contributed by atoms with E-state index in [1.165, 1.54) is 50.5 Å². The van der Waals surface area contributed by atoms with Gasteiger partial charge in [0.15, 0.2) is 5.78 Å². The molecule has 5 aliphatic rings. The Balaban J connectivity index is 1.29. The summed E-state index contributed by atoms with van der Waals surface area (Å²) in [5, 5.41) is 0. The lowest BCUT2D eigenvalue weighted by atomic mass is 9.52. The van der Waals surface area contributed by atoms with Crippen LogP contribution >= 0.6 is 0 Å². The van der Waals surface area contributed by atoms with Crippen molar-refractivity contribution in [3.8, 4) is 0 Å². The molecule has 0 aromatic heterocycles. The van der Waals surface area contributed by atoms with Crippen molar-refractivity contribution in [2.24, 2.45) is 35.0 Å². The molecular formula is C25H36O3. The van der Waals surface area contributed by atoms with Gasteiger partial charge in [-0.05, 0) is 87.5 Å². The molecule has 0 heterocycles. The molecular weight excluding hydrogens is 348 g/mol. The van der Waals surface area contributed by atoms with Crippen LogP contribution in [-0.2, 0) is 14.3 Å². The van der Waals surface area contributed by atoms with Gasteiger partial charge in [0.2, 0.25) is 0 Å². The number of fused-ring (bicyclic) bond motifs is 5. The van der Waals surface area contributed by atoms with Crippen LogP contribution in [-0.4, -0.2) is 17.9 Å². The maximum absolute atomic E-state index is 12.8. The normalized spacial score (nSPS) is 43.5. The summed E-state index contributed by atoms with van der Waals surface area (Å²) in [7, 11) is 0. The van der Waals surface area contributed by atoms with Crippen molar-refractivity contribution in [2.45, 2.75) is 96.5 Å². The number of esters is 1. The second-order valence-electron chi connectivity index (χ2n) is 10.7. The molecule has 0 aromatic rings. The third-order valence-electron chi connectivity index (χ3n) is 9.41. The van der Waals surface area contributed by atoms with Gasteiger partial charge in [-0.3, -0.25) is 9.59 Å².